The van der Waals surface area contributed by atoms with Gasteiger partial charge in [-0.15, -0.1) is 13.2 Å². The van der Waals surface area contributed by atoms with E-state index in [1.54, 1.807) is 0 Å². The van der Waals surface area contributed by atoms with Crippen LogP contribution in [0.15, 0.2) is 6.20 Å². The van der Waals surface area contributed by atoms with Gasteiger partial charge in [0.2, 0.25) is 11.4 Å². The number of rotatable bonds is 4. The molecular weight excluding hydrogens is 292 g/mol. The summed E-state index contributed by atoms with van der Waals surface area (Å²) in [4.78, 5) is 23.7. The lowest BCUT2D eigenvalue weighted by Gasteiger charge is -2.11. The van der Waals surface area contributed by atoms with Crippen molar-refractivity contribution in [3.8, 4) is 5.75 Å². The summed E-state index contributed by atoms with van der Waals surface area (Å²) in [6, 6.07) is 0. The molecule has 0 unspecified atom stereocenters. The first-order chi connectivity index (χ1) is 9.17. The number of halogens is 4. The maximum Gasteiger partial charge on any atom is 0.573 e. The summed E-state index contributed by atoms with van der Waals surface area (Å²) in [5.74, 6) is -4.85. The molecule has 1 heterocycles. The van der Waals surface area contributed by atoms with Crippen molar-refractivity contribution in [3.63, 3.8) is 0 Å². The molecule has 0 saturated carbocycles. The van der Waals surface area contributed by atoms with E-state index in [2.05, 4.69) is 14.5 Å². The Morgan fingerprint density at radius 3 is 2.55 bits per heavy atom. The third-order valence-corrected chi connectivity index (χ3v) is 1.83. The standard InChI is InChI=1S/C9H6F4N2O5/c1-2-19-8(16)5-6(15(17)18)7(4(10)3-14-5)20-9(11,12)13/h3H,2H2,1H3. The summed E-state index contributed by atoms with van der Waals surface area (Å²) in [5, 5.41) is 10.7. The van der Waals surface area contributed by atoms with E-state index < -0.39 is 40.2 Å². The van der Waals surface area contributed by atoms with Gasteiger partial charge in [-0.25, -0.2) is 14.2 Å². The van der Waals surface area contributed by atoms with E-state index in [4.69, 9.17) is 0 Å². The van der Waals surface area contributed by atoms with Crippen LogP contribution in [0.25, 0.3) is 0 Å². The highest BCUT2D eigenvalue weighted by atomic mass is 19.4. The van der Waals surface area contributed by atoms with Crippen LogP contribution in [0.5, 0.6) is 5.75 Å². The highest BCUT2D eigenvalue weighted by Crippen LogP contribution is 2.36. The van der Waals surface area contributed by atoms with Crippen LogP contribution in [-0.2, 0) is 4.74 Å². The Kier molecular flexibility index (Phi) is 4.42. The molecule has 0 N–H and O–H groups in total. The van der Waals surface area contributed by atoms with Gasteiger partial charge in [0.15, 0.2) is 5.82 Å². The van der Waals surface area contributed by atoms with Crippen LogP contribution < -0.4 is 4.74 Å². The minimum Gasteiger partial charge on any atom is -0.461 e. The SMILES string of the molecule is CCOC(=O)c1ncc(F)c(OC(F)(F)F)c1[N+](=O)[O-]. The summed E-state index contributed by atoms with van der Waals surface area (Å²) in [7, 11) is 0. The number of ether oxygens (including phenoxy) is 2. The van der Waals surface area contributed by atoms with Crippen LogP contribution in [0.4, 0.5) is 23.2 Å². The summed E-state index contributed by atoms with van der Waals surface area (Å²) in [5.41, 5.74) is -2.64. The largest absolute Gasteiger partial charge is 0.573 e. The van der Waals surface area contributed by atoms with E-state index in [9.17, 15) is 32.5 Å². The van der Waals surface area contributed by atoms with Crippen molar-refractivity contribution in [1.29, 1.82) is 0 Å². The average Bonchev–Trinajstić information content (AvgIpc) is 2.29. The molecule has 0 atom stereocenters. The quantitative estimate of drug-likeness (QED) is 0.366. The summed E-state index contributed by atoms with van der Waals surface area (Å²) < 4.78 is 57.1. The fourth-order valence-electron chi connectivity index (χ4n) is 1.19. The Morgan fingerprint density at radius 1 is 1.50 bits per heavy atom. The Labute approximate surface area is 108 Å². The van der Waals surface area contributed by atoms with Gasteiger partial charge in [0.05, 0.1) is 17.7 Å². The van der Waals surface area contributed by atoms with Gasteiger partial charge in [-0.3, -0.25) is 10.1 Å². The van der Waals surface area contributed by atoms with E-state index >= 15 is 0 Å². The molecule has 20 heavy (non-hydrogen) atoms. The second-order valence-corrected chi connectivity index (χ2v) is 3.16. The van der Waals surface area contributed by atoms with Gasteiger partial charge in [0.25, 0.3) is 0 Å². The van der Waals surface area contributed by atoms with E-state index in [0.29, 0.717) is 0 Å². The van der Waals surface area contributed by atoms with Gasteiger partial charge >= 0.3 is 18.0 Å². The van der Waals surface area contributed by atoms with E-state index in [1.165, 1.54) is 6.92 Å². The second-order valence-electron chi connectivity index (χ2n) is 3.16. The second kappa shape index (κ2) is 5.67. The molecule has 1 aromatic heterocycles. The number of esters is 1. The third-order valence-electron chi connectivity index (χ3n) is 1.83. The fourth-order valence-corrected chi connectivity index (χ4v) is 1.19. The minimum atomic E-state index is -5.38. The van der Waals surface area contributed by atoms with Crippen molar-refractivity contribution in [2.24, 2.45) is 0 Å². The lowest BCUT2D eigenvalue weighted by Crippen LogP contribution is -2.20. The molecule has 0 aromatic carbocycles. The molecule has 0 aliphatic carbocycles. The maximum absolute atomic E-state index is 13.2. The number of carbonyl (C=O) groups is 1. The number of hydrogen-bond acceptors (Lipinski definition) is 6. The van der Waals surface area contributed by atoms with Crippen LogP contribution in [0, 0.1) is 15.9 Å². The zero-order valence-electron chi connectivity index (χ0n) is 9.73. The van der Waals surface area contributed by atoms with Gasteiger partial charge in [-0.05, 0) is 6.92 Å². The minimum absolute atomic E-state index is 0.195. The topological polar surface area (TPSA) is 91.6 Å². The molecule has 11 heteroatoms. The summed E-state index contributed by atoms with van der Waals surface area (Å²) in [6.07, 6.45) is -5.18. The average molecular weight is 298 g/mol. The molecule has 0 aliphatic rings. The molecular formula is C9H6F4N2O5. The monoisotopic (exact) mass is 298 g/mol. The molecule has 0 fully saturated rings. The Balaban J connectivity index is 3.45. The highest BCUT2D eigenvalue weighted by Gasteiger charge is 2.39. The predicted molar refractivity (Wildman–Crippen MR) is 53.5 cm³/mol. The maximum atomic E-state index is 13.2. The molecule has 0 aliphatic heterocycles. The smallest absolute Gasteiger partial charge is 0.461 e. The first-order valence-corrected chi connectivity index (χ1v) is 4.93. The number of pyridine rings is 1. The Morgan fingerprint density at radius 2 is 2.10 bits per heavy atom. The van der Waals surface area contributed by atoms with E-state index in [-0.39, 0.29) is 12.8 Å². The van der Waals surface area contributed by atoms with E-state index in [0.717, 1.165) is 0 Å². The van der Waals surface area contributed by atoms with E-state index in [1.807, 2.05) is 0 Å². The molecule has 0 saturated heterocycles. The predicted octanol–water partition coefficient (Wildman–Crippen LogP) is 2.20. The van der Waals surface area contributed by atoms with Crippen LogP contribution >= 0.6 is 0 Å². The van der Waals surface area contributed by atoms with Crippen LogP contribution in [0.2, 0.25) is 0 Å². The fraction of sp³-hybridized carbons (Fsp3) is 0.333. The summed E-state index contributed by atoms with van der Waals surface area (Å²) >= 11 is 0. The molecule has 0 spiro atoms. The van der Waals surface area contributed by atoms with Gasteiger partial charge in [0, 0.05) is 0 Å². The van der Waals surface area contributed by atoms with Crippen LogP contribution in [0.3, 0.4) is 0 Å². The number of alkyl halides is 3. The molecule has 7 nitrogen and oxygen atoms in total. The summed E-state index contributed by atoms with van der Waals surface area (Å²) in [6.45, 7) is 1.16. The number of nitrogens with zero attached hydrogens (tertiary/aromatic N) is 2. The molecule has 1 aromatic rings. The zero-order valence-corrected chi connectivity index (χ0v) is 9.73. The van der Waals surface area contributed by atoms with Gasteiger partial charge in [-0.1, -0.05) is 0 Å². The molecule has 110 valence electrons. The van der Waals surface area contributed by atoms with Crippen molar-refractivity contribution in [2.45, 2.75) is 13.3 Å². The highest BCUT2D eigenvalue weighted by molar-refractivity contribution is 5.92. The number of carbonyl (C=O) groups excluding carboxylic acids is 1. The number of hydrogen-bond donors (Lipinski definition) is 0. The molecule has 0 amide bonds. The lowest BCUT2D eigenvalue weighted by atomic mass is 10.2. The number of aromatic nitrogens is 1. The first-order valence-electron chi connectivity index (χ1n) is 4.93. The first kappa shape index (κ1) is 15.6. The normalized spacial score (nSPS) is 11.1. The van der Waals surface area contributed by atoms with Crippen molar-refractivity contribution in [3.05, 3.63) is 27.8 Å². The number of nitro groups is 1. The van der Waals surface area contributed by atoms with Crippen LogP contribution in [-0.4, -0.2) is 28.8 Å². The van der Waals surface area contributed by atoms with Gasteiger partial charge in [0.1, 0.15) is 0 Å². The molecule has 0 bridgehead atoms. The van der Waals surface area contributed by atoms with Gasteiger partial charge in [-0.2, -0.15) is 0 Å². The van der Waals surface area contributed by atoms with Crippen molar-refractivity contribution >= 4 is 11.7 Å². The molecule has 0 radical (unpaired) electrons. The van der Waals surface area contributed by atoms with Gasteiger partial charge < -0.3 is 9.47 Å². The third kappa shape index (κ3) is 3.52. The van der Waals surface area contributed by atoms with Crippen molar-refractivity contribution in [1.82, 2.24) is 4.98 Å². The molecule has 1 rings (SSSR count). The zero-order chi connectivity index (χ0) is 15.5. The van der Waals surface area contributed by atoms with Crippen molar-refractivity contribution in [2.75, 3.05) is 6.61 Å². The Hall–Kier alpha value is -2.46. The van der Waals surface area contributed by atoms with Crippen LogP contribution in [0.1, 0.15) is 17.4 Å². The van der Waals surface area contributed by atoms with Crippen molar-refractivity contribution < 1.29 is 36.8 Å². The Bertz CT molecular complexity index is 546. The lowest BCUT2D eigenvalue weighted by molar-refractivity contribution is -0.389.